The Morgan fingerprint density at radius 1 is 1.24 bits per heavy atom. The Labute approximate surface area is 108 Å². The quantitative estimate of drug-likeness (QED) is 0.888. The van der Waals surface area contributed by atoms with Gasteiger partial charge in [0.2, 0.25) is 0 Å². The molecule has 1 fully saturated rings. The number of hydrogen-bond acceptors (Lipinski definition) is 2. The summed E-state index contributed by atoms with van der Waals surface area (Å²) in [6, 6.07) is 7.37. The van der Waals surface area contributed by atoms with Crippen LogP contribution in [0.1, 0.15) is 36.0 Å². The van der Waals surface area contributed by atoms with Crippen molar-refractivity contribution in [1.29, 1.82) is 0 Å². The molecule has 1 aromatic carbocycles. The van der Waals surface area contributed by atoms with Gasteiger partial charge in [0.1, 0.15) is 0 Å². The number of thioether (sulfide) groups is 1. The Kier molecular flexibility index (Phi) is 3.44. The molecule has 17 heavy (non-hydrogen) atoms. The van der Waals surface area contributed by atoms with Crippen LogP contribution in [0.15, 0.2) is 18.2 Å². The number of nitrogens with two attached hydrogens (primary N) is 1. The normalized spacial score (nSPS) is 24.9. The van der Waals surface area contributed by atoms with E-state index in [2.05, 4.69) is 30.0 Å². The fourth-order valence-corrected chi connectivity index (χ4v) is 4.41. The molecule has 2 heteroatoms. The maximum Gasteiger partial charge on any atom is 0.0202 e. The predicted molar refractivity (Wildman–Crippen MR) is 75.6 cm³/mol. The van der Waals surface area contributed by atoms with Gasteiger partial charge in [-0.15, -0.1) is 0 Å². The molecule has 1 aliphatic heterocycles. The summed E-state index contributed by atoms with van der Waals surface area (Å²) in [6.07, 6.45) is 7.62. The molecule has 0 saturated carbocycles. The van der Waals surface area contributed by atoms with Crippen molar-refractivity contribution in [3.05, 3.63) is 34.9 Å². The van der Waals surface area contributed by atoms with Crippen LogP contribution < -0.4 is 5.73 Å². The highest BCUT2D eigenvalue weighted by Gasteiger charge is 2.23. The van der Waals surface area contributed by atoms with Crippen LogP contribution in [0.2, 0.25) is 0 Å². The Balaban J connectivity index is 1.68. The predicted octanol–water partition coefficient (Wildman–Crippen LogP) is 2.94. The van der Waals surface area contributed by atoms with Crippen LogP contribution in [0, 0.1) is 0 Å². The molecule has 2 N–H and O–H groups in total. The monoisotopic (exact) mass is 247 g/mol. The lowest BCUT2D eigenvalue weighted by Crippen LogP contribution is -2.33. The van der Waals surface area contributed by atoms with E-state index >= 15 is 0 Å². The highest BCUT2D eigenvalue weighted by molar-refractivity contribution is 8.00. The number of aryl methyl sites for hydroxylation is 2. The molecule has 0 bridgehead atoms. The molecule has 92 valence electrons. The average Bonchev–Trinajstić information content (AvgIpc) is 2.99. The van der Waals surface area contributed by atoms with Gasteiger partial charge in [-0.3, -0.25) is 0 Å². The Hall–Kier alpha value is -0.470. The van der Waals surface area contributed by atoms with Gasteiger partial charge in [0, 0.05) is 11.3 Å². The van der Waals surface area contributed by atoms with Crippen molar-refractivity contribution in [2.45, 2.75) is 49.8 Å². The fourth-order valence-electron chi connectivity index (χ4n) is 3.10. The summed E-state index contributed by atoms with van der Waals surface area (Å²) in [6.45, 7) is 0. The van der Waals surface area contributed by atoms with Crippen molar-refractivity contribution in [1.82, 2.24) is 0 Å². The molecule has 0 amide bonds. The lowest BCUT2D eigenvalue weighted by molar-refractivity contribution is 0.609. The Bertz CT molecular complexity index is 396. The fraction of sp³-hybridized carbons (Fsp3) is 0.600. The van der Waals surface area contributed by atoms with Gasteiger partial charge >= 0.3 is 0 Å². The molecule has 2 unspecified atom stereocenters. The molecular formula is C15H21NS. The molecule has 1 nitrogen and oxygen atoms in total. The zero-order valence-electron chi connectivity index (χ0n) is 10.3. The first-order valence-electron chi connectivity index (χ1n) is 6.81. The van der Waals surface area contributed by atoms with E-state index in [1.54, 1.807) is 11.1 Å². The SMILES string of the molecule is NC(Cc1ccc2c(c1)CCC2)C1CCCS1. The number of benzene rings is 1. The van der Waals surface area contributed by atoms with E-state index in [9.17, 15) is 0 Å². The first-order valence-corrected chi connectivity index (χ1v) is 7.85. The zero-order chi connectivity index (χ0) is 11.7. The molecule has 1 aliphatic carbocycles. The van der Waals surface area contributed by atoms with Gasteiger partial charge in [-0.05, 0) is 61.0 Å². The first kappa shape index (κ1) is 11.6. The van der Waals surface area contributed by atoms with Crippen molar-refractivity contribution in [3.8, 4) is 0 Å². The molecule has 0 radical (unpaired) electrons. The minimum absolute atomic E-state index is 0.349. The second kappa shape index (κ2) is 5.03. The topological polar surface area (TPSA) is 26.0 Å². The summed E-state index contributed by atoms with van der Waals surface area (Å²) in [5, 5.41) is 0.697. The summed E-state index contributed by atoms with van der Waals surface area (Å²) in [4.78, 5) is 0. The first-order chi connectivity index (χ1) is 8.33. The molecule has 1 saturated heterocycles. The molecular weight excluding hydrogens is 226 g/mol. The third kappa shape index (κ3) is 2.53. The van der Waals surface area contributed by atoms with Crippen LogP contribution in [0.4, 0.5) is 0 Å². The van der Waals surface area contributed by atoms with Crippen LogP contribution >= 0.6 is 11.8 Å². The van der Waals surface area contributed by atoms with Crippen LogP contribution in [0.25, 0.3) is 0 Å². The summed E-state index contributed by atoms with van der Waals surface area (Å²) in [5.41, 5.74) is 10.9. The second-order valence-electron chi connectivity index (χ2n) is 5.38. The maximum atomic E-state index is 6.34. The van der Waals surface area contributed by atoms with Crippen LogP contribution in [0.5, 0.6) is 0 Å². The van der Waals surface area contributed by atoms with Gasteiger partial charge in [-0.25, -0.2) is 0 Å². The lowest BCUT2D eigenvalue weighted by Gasteiger charge is -2.18. The molecule has 2 atom stereocenters. The second-order valence-corrected chi connectivity index (χ2v) is 6.72. The van der Waals surface area contributed by atoms with Crippen molar-refractivity contribution < 1.29 is 0 Å². The summed E-state index contributed by atoms with van der Waals surface area (Å²) >= 11 is 2.07. The number of fused-ring (bicyclic) bond motifs is 1. The minimum Gasteiger partial charge on any atom is -0.326 e. The number of hydrogen-bond donors (Lipinski definition) is 1. The molecule has 2 aliphatic rings. The highest BCUT2D eigenvalue weighted by atomic mass is 32.2. The Morgan fingerprint density at radius 3 is 2.94 bits per heavy atom. The van der Waals surface area contributed by atoms with E-state index in [0.717, 1.165) is 6.42 Å². The third-order valence-electron chi connectivity index (χ3n) is 4.08. The van der Waals surface area contributed by atoms with Gasteiger partial charge in [-0.2, -0.15) is 11.8 Å². The van der Waals surface area contributed by atoms with Gasteiger partial charge < -0.3 is 5.73 Å². The molecule has 3 rings (SSSR count). The highest BCUT2D eigenvalue weighted by Crippen LogP contribution is 2.30. The van der Waals surface area contributed by atoms with Crippen molar-refractivity contribution in [3.63, 3.8) is 0 Å². The van der Waals surface area contributed by atoms with Crippen molar-refractivity contribution in [2.24, 2.45) is 5.73 Å². The van der Waals surface area contributed by atoms with Gasteiger partial charge in [-0.1, -0.05) is 18.2 Å². The van der Waals surface area contributed by atoms with E-state index in [4.69, 9.17) is 5.73 Å². The minimum atomic E-state index is 0.349. The van der Waals surface area contributed by atoms with E-state index in [1.807, 2.05) is 0 Å². The number of rotatable bonds is 3. The zero-order valence-corrected chi connectivity index (χ0v) is 11.1. The average molecular weight is 247 g/mol. The maximum absolute atomic E-state index is 6.34. The van der Waals surface area contributed by atoms with E-state index in [-0.39, 0.29) is 0 Å². The van der Waals surface area contributed by atoms with Gasteiger partial charge in [0.05, 0.1) is 0 Å². The van der Waals surface area contributed by atoms with Gasteiger partial charge in [0.25, 0.3) is 0 Å². The summed E-state index contributed by atoms with van der Waals surface area (Å²) < 4.78 is 0. The van der Waals surface area contributed by atoms with Crippen LogP contribution in [-0.2, 0) is 19.3 Å². The molecule has 0 spiro atoms. The largest absolute Gasteiger partial charge is 0.326 e. The molecule has 0 aromatic heterocycles. The van der Waals surface area contributed by atoms with Gasteiger partial charge in [0.15, 0.2) is 0 Å². The lowest BCUT2D eigenvalue weighted by atomic mass is 9.98. The molecule has 1 heterocycles. The molecule has 1 aromatic rings. The standard InChI is InChI=1S/C15H21NS/c16-14(15-5-2-8-17-15)10-11-6-7-12-3-1-4-13(12)9-11/h6-7,9,14-15H,1-5,8,10,16H2. The van der Waals surface area contributed by atoms with Crippen LogP contribution in [-0.4, -0.2) is 17.0 Å². The summed E-state index contributed by atoms with van der Waals surface area (Å²) in [5.74, 6) is 1.31. The van der Waals surface area contributed by atoms with E-state index in [0.29, 0.717) is 11.3 Å². The Morgan fingerprint density at radius 2 is 2.12 bits per heavy atom. The summed E-state index contributed by atoms with van der Waals surface area (Å²) in [7, 11) is 0. The van der Waals surface area contributed by atoms with E-state index in [1.165, 1.54) is 43.4 Å². The van der Waals surface area contributed by atoms with Crippen molar-refractivity contribution >= 4 is 11.8 Å². The van der Waals surface area contributed by atoms with Crippen molar-refractivity contribution in [2.75, 3.05) is 5.75 Å². The smallest absolute Gasteiger partial charge is 0.0202 e. The van der Waals surface area contributed by atoms with Crippen LogP contribution in [0.3, 0.4) is 0 Å². The third-order valence-corrected chi connectivity index (χ3v) is 5.61. The van der Waals surface area contributed by atoms with E-state index < -0.39 is 0 Å².